The highest BCUT2D eigenvalue weighted by Gasteiger charge is 2.37. The molecule has 1 fully saturated rings. The van der Waals surface area contributed by atoms with E-state index in [0.29, 0.717) is 46.7 Å². The molecule has 2 aromatic carbocycles. The topological polar surface area (TPSA) is 86.0 Å². The summed E-state index contributed by atoms with van der Waals surface area (Å²) in [5.41, 5.74) is 3.42. The predicted octanol–water partition coefficient (Wildman–Crippen LogP) is 5.92. The summed E-state index contributed by atoms with van der Waals surface area (Å²) in [4.78, 5) is 26.2. The molecule has 1 saturated heterocycles. The fourth-order valence-corrected chi connectivity index (χ4v) is 5.66. The zero-order valence-corrected chi connectivity index (χ0v) is 21.8. The molecule has 0 saturated carbocycles. The number of benzene rings is 2. The van der Waals surface area contributed by atoms with Crippen molar-refractivity contribution in [3.05, 3.63) is 75.7 Å². The first kappa shape index (κ1) is 26.0. The Labute approximate surface area is 225 Å². The van der Waals surface area contributed by atoms with E-state index in [4.69, 9.17) is 11.6 Å². The number of nitrogens with zero attached hydrogens (tertiary/aromatic N) is 3. The van der Waals surface area contributed by atoms with Gasteiger partial charge in [-0.3, -0.25) is 9.80 Å². The Kier molecular flexibility index (Phi) is 7.27. The summed E-state index contributed by atoms with van der Waals surface area (Å²) in [6.07, 6.45) is 5.46. The van der Waals surface area contributed by atoms with Gasteiger partial charge in [0.1, 0.15) is 11.6 Å². The Morgan fingerprint density at radius 1 is 1.08 bits per heavy atom. The van der Waals surface area contributed by atoms with Gasteiger partial charge in [-0.1, -0.05) is 24.9 Å². The van der Waals surface area contributed by atoms with E-state index in [-0.39, 0.29) is 28.7 Å². The Morgan fingerprint density at radius 3 is 2.42 bits per heavy atom. The monoisotopic (exact) mass is 537 g/mol. The quantitative estimate of drug-likeness (QED) is 0.381. The standard InChI is InChI=1S/C29H29ClFN3O4/c1-2-18(29(37)38)16-22-26-25(12-15-33(28(26)36)32-13-4-3-5-14-32)34(24-11-8-20(31)17-23(24)30)27(22)19-6-9-21(35)10-7-19/h6-11,16-17,35H,2-5,12-15H2,1H3,(H,37,38)/b18-16-. The van der Waals surface area contributed by atoms with E-state index >= 15 is 0 Å². The molecule has 38 heavy (non-hydrogen) atoms. The first-order chi connectivity index (χ1) is 18.3. The van der Waals surface area contributed by atoms with Crippen molar-refractivity contribution in [2.24, 2.45) is 0 Å². The molecule has 5 rings (SSSR count). The Hall–Kier alpha value is -3.62. The van der Waals surface area contributed by atoms with Gasteiger partial charge >= 0.3 is 5.97 Å². The number of phenolic OH excluding ortho intramolecular Hbond substituents is 1. The number of halogens is 2. The lowest BCUT2D eigenvalue weighted by atomic mass is 9.97. The van der Waals surface area contributed by atoms with Crippen molar-refractivity contribution in [1.82, 2.24) is 14.6 Å². The van der Waals surface area contributed by atoms with Crippen molar-refractivity contribution in [2.45, 2.75) is 39.0 Å². The summed E-state index contributed by atoms with van der Waals surface area (Å²) in [6.45, 7) is 3.79. The lowest BCUT2D eigenvalue weighted by molar-refractivity contribution is -0.132. The van der Waals surface area contributed by atoms with Crippen LogP contribution in [0.25, 0.3) is 23.0 Å². The van der Waals surface area contributed by atoms with Crippen LogP contribution in [-0.4, -0.2) is 56.3 Å². The number of carboxylic acid groups (broad SMARTS) is 1. The Bertz CT molecular complexity index is 1420. The van der Waals surface area contributed by atoms with Gasteiger partial charge in [-0.15, -0.1) is 0 Å². The van der Waals surface area contributed by atoms with Gasteiger partial charge in [0.15, 0.2) is 0 Å². The summed E-state index contributed by atoms with van der Waals surface area (Å²) in [6, 6.07) is 10.6. The molecule has 3 heterocycles. The number of carboxylic acids is 1. The van der Waals surface area contributed by atoms with Crippen LogP contribution in [-0.2, 0) is 11.2 Å². The second-order valence-electron chi connectivity index (χ2n) is 9.58. The van der Waals surface area contributed by atoms with Crippen molar-refractivity contribution in [3.63, 3.8) is 0 Å². The average Bonchev–Trinajstić information content (AvgIpc) is 3.22. The number of hydrogen-bond donors (Lipinski definition) is 2. The van der Waals surface area contributed by atoms with E-state index in [1.807, 2.05) is 4.57 Å². The molecular formula is C29H29ClFN3O4. The van der Waals surface area contributed by atoms with Crippen LogP contribution in [0.1, 0.15) is 54.2 Å². The fourth-order valence-electron chi connectivity index (χ4n) is 5.41. The number of phenols is 1. The summed E-state index contributed by atoms with van der Waals surface area (Å²) in [5.74, 6) is -1.68. The summed E-state index contributed by atoms with van der Waals surface area (Å²) < 4.78 is 15.9. The maximum atomic E-state index is 14.2. The molecule has 2 N–H and O–H groups in total. The number of hydrazine groups is 1. The minimum atomic E-state index is -1.07. The molecule has 198 valence electrons. The van der Waals surface area contributed by atoms with Crippen LogP contribution >= 0.6 is 11.6 Å². The third-order valence-corrected chi connectivity index (χ3v) is 7.56. The molecule has 9 heteroatoms. The van der Waals surface area contributed by atoms with Crippen LogP contribution in [0.15, 0.2) is 48.0 Å². The van der Waals surface area contributed by atoms with Crippen molar-refractivity contribution in [3.8, 4) is 22.7 Å². The van der Waals surface area contributed by atoms with Gasteiger partial charge in [-0.2, -0.15) is 0 Å². The van der Waals surface area contributed by atoms with Crippen LogP contribution in [0.2, 0.25) is 5.02 Å². The number of aromatic nitrogens is 1. The van der Waals surface area contributed by atoms with E-state index in [1.54, 1.807) is 36.2 Å². The fraction of sp³-hybridized carbons (Fsp3) is 0.310. The molecule has 0 atom stereocenters. The first-order valence-corrected chi connectivity index (χ1v) is 13.2. The van der Waals surface area contributed by atoms with Crippen LogP contribution in [0.4, 0.5) is 4.39 Å². The highest BCUT2D eigenvalue weighted by molar-refractivity contribution is 6.32. The van der Waals surface area contributed by atoms with Crippen molar-refractivity contribution >= 4 is 29.6 Å². The van der Waals surface area contributed by atoms with Crippen molar-refractivity contribution in [1.29, 1.82) is 0 Å². The number of amides is 1. The SMILES string of the molecule is CC/C(=C/c1c2c(n(-c3ccc(F)cc3Cl)c1-c1ccc(O)cc1)CCN(N1CCCCC1)C2=O)C(=O)O. The second-order valence-corrected chi connectivity index (χ2v) is 9.99. The average molecular weight is 538 g/mol. The number of aliphatic carboxylic acids is 1. The lowest BCUT2D eigenvalue weighted by Gasteiger charge is -2.39. The molecular weight excluding hydrogens is 509 g/mol. The van der Waals surface area contributed by atoms with Crippen LogP contribution in [0.3, 0.4) is 0 Å². The lowest BCUT2D eigenvalue weighted by Crippen LogP contribution is -2.51. The molecule has 0 radical (unpaired) electrons. The van der Waals surface area contributed by atoms with Gasteiger partial charge in [0, 0.05) is 42.9 Å². The minimum absolute atomic E-state index is 0.0701. The Balaban J connectivity index is 1.83. The van der Waals surface area contributed by atoms with Gasteiger partial charge < -0.3 is 14.8 Å². The maximum Gasteiger partial charge on any atom is 0.331 e. The zero-order chi connectivity index (χ0) is 27.0. The highest BCUT2D eigenvalue weighted by atomic mass is 35.5. The van der Waals surface area contributed by atoms with Gasteiger partial charge in [-0.25, -0.2) is 14.2 Å². The number of fused-ring (bicyclic) bond motifs is 1. The molecule has 2 aliphatic heterocycles. The molecule has 0 unspecified atom stereocenters. The molecule has 7 nitrogen and oxygen atoms in total. The van der Waals surface area contributed by atoms with Gasteiger partial charge in [-0.05, 0) is 73.4 Å². The molecule has 1 aromatic heterocycles. The smallest absolute Gasteiger partial charge is 0.331 e. The van der Waals surface area contributed by atoms with E-state index in [2.05, 4.69) is 5.01 Å². The third-order valence-electron chi connectivity index (χ3n) is 7.25. The number of piperidine rings is 1. The normalized spacial score (nSPS) is 16.6. The van der Waals surface area contributed by atoms with E-state index in [1.165, 1.54) is 24.3 Å². The van der Waals surface area contributed by atoms with Crippen LogP contribution in [0, 0.1) is 5.82 Å². The first-order valence-electron chi connectivity index (χ1n) is 12.8. The van der Waals surface area contributed by atoms with Gasteiger partial charge in [0.25, 0.3) is 5.91 Å². The summed E-state index contributed by atoms with van der Waals surface area (Å²) >= 11 is 6.56. The Morgan fingerprint density at radius 2 is 1.79 bits per heavy atom. The number of rotatable bonds is 6. The highest BCUT2D eigenvalue weighted by Crippen LogP contribution is 2.41. The van der Waals surface area contributed by atoms with Crippen molar-refractivity contribution in [2.75, 3.05) is 19.6 Å². The largest absolute Gasteiger partial charge is 0.508 e. The van der Waals surface area contributed by atoms with Gasteiger partial charge in [0.2, 0.25) is 0 Å². The van der Waals surface area contributed by atoms with Crippen molar-refractivity contribution < 1.29 is 24.2 Å². The molecule has 2 aliphatic rings. The number of carbonyl (C=O) groups excluding carboxylic acids is 1. The van der Waals surface area contributed by atoms with E-state index < -0.39 is 11.8 Å². The summed E-state index contributed by atoms with van der Waals surface area (Å²) in [5, 5.41) is 23.9. The zero-order valence-electron chi connectivity index (χ0n) is 21.1. The molecule has 0 spiro atoms. The van der Waals surface area contributed by atoms with E-state index in [0.717, 1.165) is 32.4 Å². The summed E-state index contributed by atoms with van der Waals surface area (Å²) in [7, 11) is 0. The minimum Gasteiger partial charge on any atom is -0.508 e. The number of hydrogen-bond acceptors (Lipinski definition) is 4. The van der Waals surface area contributed by atoms with Crippen LogP contribution in [0.5, 0.6) is 5.75 Å². The second kappa shape index (κ2) is 10.6. The van der Waals surface area contributed by atoms with E-state index in [9.17, 15) is 24.2 Å². The molecule has 1 amide bonds. The predicted molar refractivity (Wildman–Crippen MR) is 144 cm³/mol. The maximum absolute atomic E-state index is 14.2. The molecule has 0 bridgehead atoms. The number of aromatic hydroxyl groups is 1. The number of carbonyl (C=O) groups is 2. The van der Waals surface area contributed by atoms with Gasteiger partial charge in [0.05, 0.1) is 22.0 Å². The molecule has 3 aromatic rings. The van der Waals surface area contributed by atoms with Crippen LogP contribution < -0.4 is 0 Å². The third kappa shape index (κ3) is 4.70. The molecule has 0 aliphatic carbocycles.